The summed E-state index contributed by atoms with van der Waals surface area (Å²) in [5.41, 5.74) is -5.38. The van der Waals surface area contributed by atoms with Gasteiger partial charge >= 0.3 is 97.0 Å². The van der Waals surface area contributed by atoms with E-state index < -0.39 is 140 Å². The molecule has 0 bridgehead atoms. The minimum atomic E-state index is -1.12. The fraction of sp³-hybridized carbons (Fsp3) is 0.500. The fourth-order valence-electron chi connectivity index (χ4n) is 11.3. The lowest BCUT2D eigenvalue weighted by molar-refractivity contribution is -0.180. The molecule has 120 heavy (non-hydrogen) atoms. The summed E-state index contributed by atoms with van der Waals surface area (Å²) in [6.45, 7) is 11.0. The van der Waals surface area contributed by atoms with E-state index in [1.165, 1.54) is 24.3 Å². The maximum absolute atomic E-state index is 12.5. The van der Waals surface area contributed by atoms with Crippen molar-refractivity contribution < 1.29 is 190 Å². The van der Waals surface area contributed by atoms with Crippen LogP contribution in [0.4, 0.5) is 38.4 Å². The van der Waals surface area contributed by atoms with Crippen LogP contribution in [0.1, 0.15) is 92.2 Å². The predicted octanol–water partition coefficient (Wildman–Crippen LogP) is 9.20. The first-order valence-electron chi connectivity index (χ1n) is 37.2. The topological polar surface area (TPSA) is 495 Å². The molecule has 9 aliphatic rings. The number of benzene rings is 4. The molecular formula is C80H86O40. The number of cyclic esters (lactones) is 16. The molecule has 646 valence electrons. The van der Waals surface area contributed by atoms with Crippen molar-refractivity contribution in [3.63, 3.8) is 0 Å². The van der Waals surface area contributed by atoms with E-state index >= 15 is 0 Å². The van der Waals surface area contributed by atoms with Gasteiger partial charge in [0.1, 0.15) is 197 Å². The number of rotatable bonds is 19. The van der Waals surface area contributed by atoms with Gasteiger partial charge in [0.15, 0.2) is 0 Å². The maximum Gasteiger partial charge on any atom is 0.508 e. The highest BCUT2D eigenvalue weighted by Gasteiger charge is 2.50. The fourth-order valence-corrected chi connectivity index (χ4v) is 11.3. The summed E-state index contributed by atoms with van der Waals surface area (Å²) >= 11 is 0. The first-order valence-corrected chi connectivity index (χ1v) is 37.2. The van der Waals surface area contributed by atoms with Crippen LogP contribution in [0.2, 0.25) is 0 Å². The Hall–Kier alpha value is -13.2. The van der Waals surface area contributed by atoms with Crippen molar-refractivity contribution in [2.24, 2.45) is 43.3 Å². The van der Waals surface area contributed by atoms with E-state index in [0.29, 0.717) is 37.2 Å². The van der Waals surface area contributed by atoms with E-state index in [-0.39, 0.29) is 143 Å². The Morgan fingerprint density at radius 2 is 0.400 bits per heavy atom. The molecule has 8 heterocycles. The molecule has 8 saturated heterocycles. The first-order chi connectivity index (χ1) is 56.8. The Morgan fingerprint density at radius 1 is 0.242 bits per heavy atom. The van der Waals surface area contributed by atoms with Crippen LogP contribution < -0.4 is 18.9 Å². The van der Waals surface area contributed by atoms with Crippen LogP contribution in [0.25, 0.3) is 11.1 Å². The van der Waals surface area contributed by atoms with Gasteiger partial charge in [-0.25, -0.2) is 38.4 Å². The molecule has 1 saturated carbocycles. The Labute approximate surface area is 682 Å². The van der Waals surface area contributed by atoms with Crippen LogP contribution in [0.15, 0.2) is 97.1 Å². The predicted molar refractivity (Wildman–Crippen MR) is 388 cm³/mol. The summed E-state index contributed by atoms with van der Waals surface area (Å²) < 4.78 is 119. The zero-order chi connectivity index (χ0) is 86.9. The Kier molecular flexibility index (Phi) is 28.3. The second-order valence-corrected chi connectivity index (χ2v) is 31.4. The zero-order valence-electron chi connectivity index (χ0n) is 66.3. The van der Waals surface area contributed by atoms with Crippen molar-refractivity contribution in [2.75, 3.05) is 106 Å². The van der Waals surface area contributed by atoms with Crippen molar-refractivity contribution >= 4 is 97.0 Å². The van der Waals surface area contributed by atoms with Gasteiger partial charge in [-0.15, -0.1) is 0 Å². The molecule has 40 heteroatoms. The lowest BCUT2D eigenvalue weighted by atomic mass is 9.90. The summed E-state index contributed by atoms with van der Waals surface area (Å²) in [5.74, 6) is -3.31. The lowest BCUT2D eigenvalue weighted by Gasteiger charge is -2.35. The van der Waals surface area contributed by atoms with Crippen LogP contribution in [0.5, 0.6) is 23.0 Å². The minimum absolute atomic E-state index is 0.0310. The summed E-state index contributed by atoms with van der Waals surface area (Å²) in [7, 11) is 0. The van der Waals surface area contributed by atoms with Gasteiger partial charge in [0.05, 0.1) is 0 Å². The second kappa shape index (κ2) is 38.0. The Bertz CT molecular complexity index is 4140. The van der Waals surface area contributed by atoms with E-state index in [2.05, 4.69) is 0 Å². The largest absolute Gasteiger partial charge is 0.508 e. The summed E-state index contributed by atoms with van der Waals surface area (Å²) in [6.07, 6.45) is -4.89. The van der Waals surface area contributed by atoms with Crippen molar-refractivity contribution in [2.45, 2.75) is 106 Å². The molecular weight excluding hydrogens is 1600 g/mol. The number of hydrogen-bond donors (Lipinski definition) is 0. The zero-order valence-corrected chi connectivity index (χ0v) is 66.3. The van der Waals surface area contributed by atoms with Crippen LogP contribution in [0.3, 0.4) is 0 Å². The van der Waals surface area contributed by atoms with Crippen LogP contribution >= 0.6 is 0 Å². The van der Waals surface area contributed by atoms with Crippen molar-refractivity contribution in [3.05, 3.63) is 108 Å². The van der Waals surface area contributed by atoms with E-state index in [4.69, 9.17) is 114 Å². The smallest absolute Gasteiger partial charge is 0.462 e. The van der Waals surface area contributed by atoms with Crippen LogP contribution in [-0.4, -0.2) is 215 Å². The van der Waals surface area contributed by atoms with Gasteiger partial charge in [-0.05, 0) is 152 Å². The molecule has 0 unspecified atom stereocenters. The highest BCUT2D eigenvalue weighted by molar-refractivity contribution is 5.85. The molecule has 1 aliphatic carbocycles. The number of carbonyl (C=O) groups excluding carboxylic acids is 16. The highest BCUT2D eigenvalue weighted by atomic mass is 16.8. The number of esters is 8. The van der Waals surface area contributed by atoms with Gasteiger partial charge in [-0.3, -0.25) is 38.4 Å². The molecule has 0 aromatic heterocycles. The third kappa shape index (κ3) is 23.6. The Balaban J connectivity index is 0.000000169. The van der Waals surface area contributed by atoms with Gasteiger partial charge in [-0.1, -0.05) is 48.5 Å². The van der Waals surface area contributed by atoms with Gasteiger partial charge in [-0.2, -0.15) is 0 Å². The molecule has 0 atom stereocenters. The molecule has 0 N–H and O–H groups in total. The Morgan fingerprint density at radius 3 is 0.583 bits per heavy atom. The van der Waals surface area contributed by atoms with E-state index in [1.807, 2.05) is 0 Å². The summed E-state index contributed by atoms with van der Waals surface area (Å²) in [4.78, 5) is 187. The molecule has 40 nitrogen and oxygen atoms in total. The van der Waals surface area contributed by atoms with Crippen LogP contribution in [0, 0.1) is 43.3 Å². The average Bonchev–Trinajstić information content (AvgIpc) is 0.848. The second-order valence-electron chi connectivity index (χ2n) is 31.4. The summed E-state index contributed by atoms with van der Waals surface area (Å²) in [5, 5.41) is 0. The van der Waals surface area contributed by atoms with Gasteiger partial charge in [0.25, 0.3) is 0 Å². The molecule has 0 spiro atoms. The van der Waals surface area contributed by atoms with E-state index in [1.54, 1.807) is 128 Å². The minimum Gasteiger partial charge on any atom is -0.462 e. The summed E-state index contributed by atoms with van der Waals surface area (Å²) in [6, 6.07) is 26.4. The number of ether oxygens (including phenoxy) is 24. The molecule has 4 aromatic carbocycles. The molecule has 9 fully saturated rings. The van der Waals surface area contributed by atoms with Crippen molar-refractivity contribution in [3.8, 4) is 34.1 Å². The highest BCUT2D eigenvalue weighted by Crippen LogP contribution is 2.37. The first kappa shape index (κ1) is 89.2. The molecule has 0 amide bonds. The standard InChI is InChI=1S/C24H22O10.C20H22O10.C18H24O10.C18H18O10/c1-23(11-29-21(27)30-12-23)19(25)33-17-7-3-15(4-8-17)16-5-9-18(10-6-16)34-20(26)24(2)13-31-22(28)32-14-24;1-19(9-27-17(23)28-10-19)15(21)25-7-13-3-5-14(6-4-13)8-26-16(22)20(2)11-29-18(24)30-12-20;2*1-17(7-23-15(21)24-8-17)13(19)27-11-3-5-12(6-4-11)28-14(20)18(2)9-25-16(22)26-10-18/h3-10H,11-14H2,1-2H3;3-6H,7-12H2,1-2H3;11-12H,3-10H2,1-2H3;3-6H,7-10H2,1-2H3. The van der Waals surface area contributed by atoms with E-state index in [9.17, 15) is 76.7 Å². The van der Waals surface area contributed by atoms with Gasteiger partial charge in [0, 0.05) is 0 Å². The van der Waals surface area contributed by atoms with Crippen molar-refractivity contribution in [1.82, 2.24) is 0 Å². The monoisotopic (exact) mass is 1690 g/mol. The normalized spacial score (nSPS) is 21.4. The van der Waals surface area contributed by atoms with Crippen LogP contribution in [-0.2, 0) is 146 Å². The number of carbonyl (C=O) groups is 16. The molecule has 0 radical (unpaired) electrons. The maximum atomic E-state index is 12.5. The van der Waals surface area contributed by atoms with Gasteiger partial charge < -0.3 is 114 Å². The number of hydrogen-bond acceptors (Lipinski definition) is 40. The SMILES string of the molecule is CC1(C(=O)OC2CCC(OC(=O)C3(C)COC(=O)OC3)CC2)COC(=O)OC1.CC1(C(=O)OCc2ccc(COC(=O)C3(C)COC(=O)OC3)cc2)COC(=O)OC1.CC1(C(=O)Oc2ccc(-c3ccc(OC(=O)C4(C)COC(=O)OC4)cc3)cc2)COC(=O)OC1.CC1(C(=O)Oc2ccc(OC(=O)C3(C)COC(=O)OC3)cc2)COC(=O)OC1. The lowest BCUT2D eigenvalue weighted by Crippen LogP contribution is -2.46. The molecule has 13 rings (SSSR count). The third-order valence-corrected chi connectivity index (χ3v) is 19.7. The molecule has 8 aliphatic heterocycles. The quantitative estimate of drug-likeness (QED) is 0.0479. The van der Waals surface area contributed by atoms with Crippen molar-refractivity contribution in [1.29, 1.82) is 0 Å². The average molecular weight is 1690 g/mol. The van der Waals surface area contributed by atoms with Gasteiger partial charge in [0.2, 0.25) is 0 Å². The third-order valence-electron chi connectivity index (χ3n) is 19.7. The molecule has 4 aromatic rings. The van der Waals surface area contributed by atoms with E-state index in [0.717, 1.165) is 22.3 Å².